The van der Waals surface area contributed by atoms with E-state index in [4.69, 9.17) is 23.2 Å². The van der Waals surface area contributed by atoms with E-state index in [0.29, 0.717) is 23.1 Å². The molecule has 1 fully saturated rings. The fourth-order valence-electron chi connectivity index (χ4n) is 3.32. The summed E-state index contributed by atoms with van der Waals surface area (Å²) in [5.41, 5.74) is 1.78. The molecule has 0 unspecified atom stereocenters. The third-order valence-corrected chi connectivity index (χ3v) is 5.03. The molecule has 7 heteroatoms. The molecule has 0 atom stereocenters. The fraction of sp³-hybridized carbons (Fsp3) is 0.158. The Balaban J connectivity index is 1.75. The Hall–Kier alpha value is -2.50. The van der Waals surface area contributed by atoms with Crippen LogP contribution < -0.4 is 9.80 Å². The van der Waals surface area contributed by atoms with E-state index in [9.17, 15) is 9.59 Å². The van der Waals surface area contributed by atoms with E-state index < -0.39 is 6.29 Å². The van der Waals surface area contributed by atoms with Crippen LogP contribution in [0.25, 0.3) is 0 Å². The second-order valence-corrected chi connectivity index (χ2v) is 6.94. The lowest BCUT2D eigenvalue weighted by Crippen LogP contribution is -2.55. The summed E-state index contributed by atoms with van der Waals surface area (Å²) in [5, 5.41) is 1.27. The molecule has 0 saturated carbocycles. The van der Waals surface area contributed by atoms with Gasteiger partial charge in [-0.3, -0.25) is 9.59 Å². The summed E-state index contributed by atoms with van der Waals surface area (Å²) in [5.74, 6) is -0.639. The molecule has 4 rings (SSSR count). The number of nitrogens with zero attached hydrogens (tertiary/aromatic N) is 3. The smallest absolute Gasteiger partial charge is 0.256 e. The van der Waals surface area contributed by atoms with E-state index in [2.05, 4.69) is 0 Å². The molecule has 2 amide bonds. The molecule has 2 aliphatic rings. The molecule has 0 N–H and O–H groups in total. The van der Waals surface area contributed by atoms with Gasteiger partial charge < -0.3 is 9.80 Å². The standard InChI is InChI=1S/C19H15Cl2N3O2/c20-13-1-5-15(6-2-13)22-11-12-23(16-7-3-14(21)4-8-16)19(22)24-17(25)9-10-18(24)26/h1-10,19H,11-12H2. The second kappa shape index (κ2) is 6.67. The molecule has 0 radical (unpaired) electrons. The van der Waals surface area contributed by atoms with E-state index in [-0.39, 0.29) is 11.8 Å². The fourth-order valence-corrected chi connectivity index (χ4v) is 3.57. The minimum atomic E-state index is -0.549. The van der Waals surface area contributed by atoms with E-state index >= 15 is 0 Å². The number of halogens is 2. The summed E-state index contributed by atoms with van der Waals surface area (Å²) in [4.78, 5) is 30.0. The Morgan fingerprint density at radius 3 is 1.46 bits per heavy atom. The van der Waals surface area contributed by atoms with E-state index in [1.165, 1.54) is 17.1 Å². The van der Waals surface area contributed by atoms with Gasteiger partial charge in [-0.1, -0.05) is 23.2 Å². The van der Waals surface area contributed by atoms with Crippen LogP contribution >= 0.6 is 23.2 Å². The highest BCUT2D eigenvalue weighted by molar-refractivity contribution is 6.30. The summed E-state index contributed by atoms with van der Waals surface area (Å²) in [7, 11) is 0. The normalized spacial score (nSPS) is 17.7. The lowest BCUT2D eigenvalue weighted by Gasteiger charge is -2.37. The highest BCUT2D eigenvalue weighted by Gasteiger charge is 2.42. The Bertz CT molecular complexity index is 809. The summed E-state index contributed by atoms with van der Waals surface area (Å²) in [6, 6.07) is 14.7. The van der Waals surface area contributed by atoms with Crippen LogP contribution in [0.1, 0.15) is 0 Å². The van der Waals surface area contributed by atoms with Crippen molar-refractivity contribution in [2.75, 3.05) is 22.9 Å². The molecule has 26 heavy (non-hydrogen) atoms. The van der Waals surface area contributed by atoms with Gasteiger partial charge in [-0.25, -0.2) is 4.90 Å². The van der Waals surface area contributed by atoms with E-state index in [1.54, 1.807) is 24.3 Å². The Morgan fingerprint density at radius 2 is 1.08 bits per heavy atom. The SMILES string of the molecule is O=C1C=CC(=O)N1C1N(c2ccc(Cl)cc2)CCN1c1ccc(Cl)cc1. The monoisotopic (exact) mass is 387 g/mol. The van der Waals surface area contributed by atoms with Crippen LogP contribution in [-0.4, -0.2) is 36.1 Å². The molecule has 5 nitrogen and oxygen atoms in total. The highest BCUT2D eigenvalue weighted by atomic mass is 35.5. The van der Waals surface area contributed by atoms with Crippen molar-refractivity contribution in [1.29, 1.82) is 0 Å². The number of carbonyl (C=O) groups is 2. The predicted molar refractivity (Wildman–Crippen MR) is 102 cm³/mol. The molecule has 2 heterocycles. The topological polar surface area (TPSA) is 43.9 Å². The number of imide groups is 1. The van der Waals surface area contributed by atoms with Crippen molar-refractivity contribution in [3.8, 4) is 0 Å². The average molecular weight is 388 g/mol. The van der Waals surface area contributed by atoms with Crippen molar-refractivity contribution in [3.05, 3.63) is 70.7 Å². The number of hydrogen-bond acceptors (Lipinski definition) is 4. The van der Waals surface area contributed by atoms with Crippen LogP contribution in [0.4, 0.5) is 11.4 Å². The predicted octanol–water partition coefficient (Wildman–Crippen LogP) is 3.53. The molecular formula is C19H15Cl2N3O2. The maximum Gasteiger partial charge on any atom is 0.256 e. The van der Waals surface area contributed by atoms with Gasteiger partial charge in [0.05, 0.1) is 0 Å². The number of rotatable bonds is 3. The van der Waals surface area contributed by atoms with Crippen LogP contribution in [-0.2, 0) is 9.59 Å². The number of benzene rings is 2. The lowest BCUT2D eigenvalue weighted by molar-refractivity contribution is -0.139. The maximum atomic E-state index is 12.4. The van der Waals surface area contributed by atoms with Crippen molar-refractivity contribution in [1.82, 2.24) is 4.90 Å². The van der Waals surface area contributed by atoms with Gasteiger partial charge >= 0.3 is 0 Å². The zero-order valence-corrected chi connectivity index (χ0v) is 15.2. The van der Waals surface area contributed by atoms with Gasteiger partial charge in [0.1, 0.15) is 0 Å². The van der Waals surface area contributed by atoms with Crippen LogP contribution in [0.2, 0.25) is 10.0 Å². The molecule has 0 spiro atoms. The Labute approximate surface area is 161 Å². The summed E-state index contributed by atoms with van der Waals surface area (Å²) >= 11 is 12.0. The summed E-state index contributed by atoms with van der Waals surface area (Å²) in [6.45, 7) is 1.32. The number of amides is 2. The van der Waals surface area contributed by atoms with Crippen molar-refractivity contribution >= 4 is 46.4 Å². The number of carbonyl (C=O) groups excluding carboxylic acids is 2. The largest absolute Gasteiger partial charge is 0.332 e. The van der Waals surface area contributed by atoms with Crippen molar-refractivity contribution in [2.24, 2.45) is 0 Å². The molecule has 0 bridgehead atoms. The third-order valence-electron chi connectivity index (χ3n) is 4.53. The van der Waals surface area contributed by atoms with E-state index in [1.807, 2.05) is 34.1 Å². The van der Waals surface area contributed by atoms with Gasteiger partial charge in [-0.15, -0.1) is 0 Å². The summed E-state index contributed by atoms with van der Waals surface area (Å²) < 4.78 is 0. The zero-order chi connectivity index (χ0) is 18.3. The van der Waals surface area contributed by atoms with Gasteiger partial charge in [-0.2, -0.15) is 0 Å². The quantitative estimate of drug-likeness (QED) is 0.755. The molecule has 0 aliphatic carbocycles. The van der Waals surface area contributed by atoms with Gasteiger partial charge in [0.25, 0.3) is 11.8 Å². The Morgan fingerprint density at radius 1 is 0.692 bits per heavy atom. The first-order valence-corrected chi connectivity index (χ1v) is 8.90. The molecule has 132 valence electrons. The number of anilines is 2. The minimum Gasteiger partial charge on any atom is -0.332 e. The molecule has 1 saturated heterocycles. The lowest BCUT2D eigenvalue weighted by atomic mass is 10.2. The minimum absolute atomic E-state index is 0.320. The van der Waals surface area contributed by atoms with Gasteiger partial charge in [0.15, 0.2) is 6.29 Å². The van der Waals surface area contributed by atoms with Gasteiger partial charge in [0, 0.05) is 46.7 Å². The number of hydrogen-bond donors (Lipinski definition) is 0. The van der Waals surface area contributed by atoms with Crippen molar-refractivity contribution in [3.63, 3.8) is 0 Å². The molecule has 2 aromatic rings. The first-order valence-electron chi connectivity index (χ1n) is 8.14. The van der Waals surface area contributed by atoms with Crippen LogP contribution in [0, 0.1) is 0 Å². The molecule has 0 aromatic heterocycles. The van der Waals surface area contributed by atoms with Crippen LogP contribution in [0.3, 0.4) is 0 Å². The Kier molecular flexibility index (Phi) is 4.34. The van der Waals surface area contributed by atoms with Crippen molar-refractivity contribution in [2.45, 2.75) is 6.29 Å². The highest BCUT2D eigenvalue weighted by Crippen LogP contribution is 2.32. The van der Waals surface area contributed by atoms with Crippen LogP contribution in [0.15, 0.2) is 60.7 Å². The second-order valence-electron chi connectivity index (χ2n) is 6.07. The van der Waals surface area contributed by atoms with Crippen molar-refractivity contribution < 1.29 is 9.59 Å². The molecule has 2 aromatic carbocycles. The average Bonchev–Trinajstić information content (AvgIpc) is 3.19. The first kappa shape index (κ1) is 16.9. The van der Waals surface area contributed by atoms with Gasteiger partial charge in [-0.05, 0) is 48.5 Å². The molecule has 2 aliphatic heterocycles. The maximum absolute atomic E-state index is 12.4. The van der Waals surface area contributed by atoms with Gasteiger partial charge in [0.2, 0.25) is 0 Å². The summed E-state index contributed by atoms with van der Waals surface area (Å²) in [6.07, 6.45) is 2.06. The zero-order valence-electron chi connectivity index (χ0n) is 13.7. The van der Waals surface area contributed by atoms with Crippen LogP contribution in [0.5, 0.6) is 0 Å². The first-order chi connectivity index (χ1) is 12.5. The molecular weight excluding hydrogens is 373 g/mol. The van der Waals surface area contributed by atoms with E-state index in [0.717, 1.165) is 11.4 Å². The third kappa shape index (κ3) is 2.93.